The molecule has 1 aromatic rings. The molecule has 0 saturated carbocycles. The predicted octanol–water partition coefficient (Wildman–Crippen LogP) is 2.84. The van der Waals surface area contributed by atoms with Crippen molar-refractivity contribution in [2.45, 2.75) is 39.5 Å². The summed E-state index contributed by atoms with van der Waals surface area (Å²) in [4.78, 5) is 14.5. The van der Waals surface area contributed by atoms with Gasteiger partial charge >= 0.3 is 0 Å². The second-order valence-corrected chi connectivity index (χ2v) is 6.19. The zero-order chi connectivity index (χ0) is 14.6. The number of carbonyl (C=O) groups is 1. The van der Waals surface area contributed by atoms with Gasteiger partial charge in [0.05, 0.1) is 0 Å². The summed E-state index contributed by atoms with van der Waals surface area (Å²) in [6, 6.07) is 7.89. The summed E-state index contributed by atoms with van der Waals surface area (Å²) in [6.45, 7) is 6.99. The van der Waals surface area contributed by atoms with Gasteiger partial charge in [-0.1, -0.05) is 32.4 Å². The third kappa shape index (κ3) is 3.40. The van der Waals surface area contributed by atoms with E-state index in [4.69, 9.17) is 5.73 Å². The maximum Gasteiger partial charge on any atom is 0.253 e. The molecule has 1 fully saturated rings. The Labute approximate surface area is 122 Å². The van der Waals surface area contributed by atoms with Gasteiger partial charge in [0, 0.05) is 18.7 Å². The number of hydrogen-bond donors (Lipinski definition) is 1. The first kappa shape index (κ1) is 15.0. The molecule has 0 aliphatic carbocycles. The molecule has 0 unspecified atom stereocenters. The third-order valence-electron chi connectivity index (χ3n) is 4.75. The first-order chi connectivity index (χ1) is 9.58. The minimum atomic E-state index is 0.169. The number of rotatable bonds is 4. The Bertz CT molecular complexity index is 445. The van der Waals surface area contributed by atoms with Crippen LogP contribution >= 0.6 is 0 Å². The van der Waals surface area contributed by atoms with Crippen molar-refractivity contribution in [3.63, 3.8) is 0 Å². The summed E-state index contributed by atoms with van der Waals surface area (Å²) < 4.78 is 0. The topological polar surface area (TPSA) is 46.3 Å². The van der Waals surface area contributed by atoms with Crippen molar-refractivity contribution >= 4 is 5.91 Å². The van der Waals surface area contributed by atoms with Crippen molar-refractivity contribution in [1.29, 1.82) is 0 Å². The maximum atomic E-state index is 12.5. The fourth-order valence-corrected chi connectivity index (χ4v) is 2.77. The van der Waals surface area contributed by atoms with Gasteiger partial charge in [-0.2, -0.15) is 0 Å². The highest BCUT2D eigenvalue weighted by atomic mass is 16.2. The molecule has 20 heavy (non-hydrogen) atoms. The Hall–Kier alpha value is -1.35. The van der Waals surface area contributed by atoms with Crippen LogP contribution in [-0.2, 0) is 6.42 Å². The van der Waals surface area contributed by atoms with Gasteiger partial charge in [0.2, 0.25) is 0 Å². The van der Waals surface area contributed by atoms with E-state index in [0.29, 0.717) is 12.0 Å². The number of likely N-dealkylation sites (tertiary alicyclic amines) is 1. The summed E-state index contributed by atoms with van der Waals surface area (Å²) in [5.41, 5.74) is 7.95. The van der Waals surface area contributed by atoms with E-state index < -0.39 is 0 Å². The van der Waals surface area contributed by atoms with E-state index in [0.717, 1.165) is 37.9 Å². The van der Waals surface area contributed by atoms with Gasteiger partial charge in [-0.25, -0.2) is 0 Å². The molecule has 1 heterocycles. The van der Waals surface area contributed by atoms with Crippen molar-refractivity contribution in [2.24, 2.45) is 11.1 Å². The Morgan fingerprint density at radius 2 is 1.85 bits per heavy atom. The zero-order valence-electron chi connectivity index (χ0n) is 12.7. The molecule has 1 aliphatic rings. The molecule has 1 aromatic carbocycles. The maximum absolute atomic E-state index is 12.5. The lowest BCUT2D eigenvalue weighted by molar-refractivity contribution is 0.0600. The molecular weight excluding hydrogens is 248 g/mol. The number of amides is 1. The molecule has 3 heteroatoms. The summed E-state index contributed by atoms with van der Waals surface area (Å²) >= 11 is 0. The van der Waals surface area contributed by atoms with Crippen LogP contribution in [0, 0.1) is 5.41 Å². The van der Waals surface area contributed by atoms with Gasteiger partial charge in [-0.05, 0) is 48.9 Å². The van der Waals surface area contributed by atoms with Crippen LogP contribution in [0.3, 0.4) is 0 Å². The van der Waals surface area contributed by atoms with Crippen LogP contribution in [0.2, 0.25) is 0 Å². The molecule has 1 saturated heterocycles. The molecule has 0 bridgehead atoms. The number of hydrogen-bond acceptors (Lipinski definition) is 2. The number of carbonyl (C=O) groups excluding carboxylic acids is 1. The number of nitrogens with two attached hydrogens (primary N) is 1. The molecule has 110 valence electrons. The summed E-state index contributed by atoms with van der Waals surface area (Å²) in [5.74, 6) is 0.169. The van der Waals surface area contributed by atoms with Crippen LogP contribution in [-0.4, -0.2) is 30.4 Å². The van der Waals surface area contributed by atoms with E-state index >= 15 is 0 Å². The summed E-state index contributed by atoms with van der Waals surface area (Å²) in [5, 5.41) is 0. The van der Waals surface area contributed by atoms with Crippen LogP contribution in [0.25, 0.3) is 0 Å². The molecule has 1 amide bonds. The zero-order valence-corrected chi connectivity index (χ0v) is 12.7. The minimum Gasteiger partial charge on any atom is -0.339 e. The second kappa shape index (κ2) is 6.40. The highest BCUT2D eigenvalue weighted by Gasteiger charge is 2.30. The minimum absolute atomic E-state index is 0.169. The van der Waals surface area contributed by atoms with E-state index in [2.05, 4.69) is 13.8 Å². The van der Waals surface area contributed by atoms with Crippen LogP contribution in [0.15, 0.2) is 24.3 Å². The van der Waals surface area contributed by atoms with E-state index in [1.165, 1.54) is 12.0 Å². The van der Waals surface area contributed by atoms with E-state index in [-0.39, 0.29) is 5.91 Å². The van der Waals surface area contributed by atoms with E-state index in [9.17, 15) is 4.79 Å². The highest BCUT2D eigenvalue weighted by molar-refractivity contribution is 5.94. The Balaban J connectivity index is 1.98. The Kier molecular flexibility index (Phi) is 4.81. The van der Waals surface area contributed by atoms with Gasteiger partial charge in [0.15, 0.2) is 0 Å². The lowest BCUT2D eigenvalue weighted by atomic mass is 9.78. The van der Waals surface area contributed by atoms with Crippen molar-refractivity contribution in [3.8, 4) is 0 Å². The van der Waals surface area contributed by atoms with Crippen LogP contribution in [0.1, 0.15) is 49.0 Å². The second-order valence-electron chi connectivity index (χ2n) is 6.19. The molecule has 0 aromatic heterocycles. The van der Waals surface area contributed by atoms with Gasteiger partial charge in [0.1, 0.15) is 0 Å². The van der Waals surface area contributed by atoms with Gasteiger partial charge in [0.25, 0.3) is 5.91 Å². The molecule has 0 spiro atoms. The van der Waals surface area contributed by atoms with Gasteiger partial charge in [-0.15, -0.1) is 0 Å². The van der Waals surface area contributed by atoms with E-state index in [1.54, 1.807) is 0 Å². The van der Waals surface area contributed by atoms with Gasteiger partial charge in [-0.3, -0.25) is 4.79 Å². The monoisotopic (exact) mass is 274 g/mol. The Morgan fingerprint density at radius 1 is 1.25 bits per heavy atom. The largest absolute Gasteiger partial charge is 0.339 e. The van der Waals surface area contributed by atoms with Gasteiger partial charge < -0.3 is 10.6 Å². The molecule has 2 N–H and O–H groups in total. The van der Waals surface area contributed by atoms with Crippen LogP contribution in [0.5, 0.6) is 0 Å². The Morgan fingerprint density at radius 3 is 2.35 bits per heavy atom. The standard InChI is InChI=1S/C17H26N2O/c1-3-17(2)9-12-19(13-10-17)16(20)15-6-4-14(5-7-15)8-11-18/h4-7H,3,8-13,18H2,1-2H3. The lowest BCUT2D eigenvalue weighted by Gasteiger charge is -2.39. The molecule has 1 aliphatic heterocycles. The molecule has 2 rings (SSSR count). The summed E-state index contributed by atoms with van der Waals surface area (Å²) in [7, 11) is 0. The number of benzene rings is 1. The quantitative estimate of drug-likeness (QED) is 0.917. The van der Waals surface area contributed by atoms with Crippen molar-refractivity contribution in [3.05, 3.63) is 35.4 Å². The third-order valence-corrected chi connectivity index (χ3v) is 4.75. The lowest BCUT2D eigenvalue weighted by Crippen LogP contribution is -2.41. The predicted molar refractivity (Wildman–Crippen MR) is 82.7 cm³/mol. The van der Waals surface area contributed by atoms with Crippen molar-refractivity contribution < 1.29 is 4.79 Å². The smallest absolute Gasteiger partial charge is 0.253 e. The van der Waals surface area contributed by atoms with Crippen LogP contribution < -0.4 is 5.73 Å². The van der Waals surface area contributed by atoms with Crippen molar-refractivity contribution in [2.75, 3.05) is 19.6 Å². The average Bonchev–Trinajstić information content (AvgIpc) is 2.48. The highest BCUT2D eigenvalue weighted by Crippen LogP contribution is 2.34. The first-order valence-corrected chi connectivity index (χ1v) is 7.66. The molecule has 0 radical (unpaired) electrons. The fourth-order valence-electron chi connectivity index (χ4n) is 2.77. The molecule has 0 atom stereocenters. The molecule has 3 nitrogen and oxygen atoms in total. The van der Waals surface area contributed by atoms with Crippen molar-refractivity contribution in [1.82, 2.24) is 4.90 Å². The summed E-state index contributed by atoms with van der Waals surface area (Å²) in [6.07, 6.45) is 4.29. The average molecular weight is 274 g/mol. The number of nitrogens with zero attached hydrogens (tertiary/aromatic N) is 1. The molecular formula is C17H26N2O. The normalized spacial score (nSPS) is 18.1. The van der Waals surface area contributed by atoms with Crippen LogP contribution in [0.4, 0.5) is 0 Å². The SMILES string of the molecule is CCC1(C)CCN(C(=O)c2ccc(CCN)cc2)CC1. The van der Waals surface area contributed by atoms with E-state index in [1.807, 2.05) is 29.2 Å². The fraction of sp³-hybridized carbons (Fsp3) is 0.588. The number of piperidine rings is 1. The first-order valence-electron chi connectivity index (χ1n) is 7.66.